The molecule has 0 bridgehead atoms. The van der Waals surface area contributed by atoms with Crippen LogP contribution in [0.3, 0.4) is 0 Å². The van der Waals surface area contributed by atoms with Crippen molar-refractivity contribution >= 4 is 11.6 Å². The molecule has 0 aliphatic heterocycles. The van der Waals surface area contributed by atoms with Crippen molar-refractivity contribution in [1.29, 1.82) is 0 Å². The average Bonchev–Trinajstić information content (AvgIpc) is 2.43. The van der Waals surface area contributed by atoms with E-state index < -0.39 is 23.1 Å². The summed E-state index contributed by atoms with van der Waals surface area (Å²) in [7, 11) is 1.36. The lowest BCUT2D eigenvalue weighted by Crippen LogP contribution is -2.21. The Labute approximate surface area is 118 Å². The number of hydrogen-bond acceptors (Lipinski definition) is 6. The molecule has 1 aliphatic carbocycles. The monoisotopic (exact) mass is 286 g/mol. The lowest BCUT2D eigenvalue weighted by molar-refractivity contribution is 0.0973. The molecule has 1 aliphatic rings. The van der Waals surface area contributed by atoms with E-state index in [2.05, 4.69) is 0 Å². The number of phenols is 3. The van der Waals surface area contributed by atoms with Crippen LogP contribution < -0.4 is 4.74 Å². The summed E-state index contributed by atoms with van der Waals surface area (Å²) in [5, 5.41) is 29.2. The minimum absolute atomic E-state index is 0.0330. The van der Waals surface area contributed by atoms with Gasteiger partial charge in [0.15, 0.2) is 5.78 Å². The molecule has 0 unspecified atom stereocenters. The fourth-order valence-electron chi connectivity index (χ4n) is 2.44. The molecule has 0 aromatic heterocycles. The number of carbonyl (C=O) groups is 2. The molecule has 0 saturated carbocycles. The van der Waals surface area contributed by atoms with E-state index in [1.807, 2.05) is 0 Å². The molecule has 3 rings (SSSR count). The maximum atomic E-state index is 12.4. The third-order valence-corrected chi connectivity index (χ3v) is 3.37. The second-order valence-corrected chi connectivity index (χ2v) is 4.61. The van der Waals surface area contributed by atoms with Gasteiger partial charge in [0.2, 0.25) is 5.78 Å². The van der Waals surface area contributed by atoms with Crippen LogP contribution in [0, 0.1) is 0 Å². The first-order valence-corrected chi connectivity index (χ1v) is 6.00. The van der Waals surface area contributed by atoms with Crippen LogP contribution in [-0.4, -0.2) is 34.0 Å². The van der Waals surface area contributed by atoms with Gasteiger partial charge < -0.3 is 20.1 Å². The fourth-order valence-corrected chi connectivity index (χ4v) is 2.44. The van der Waals surface area contributed by atoms with Crippen LogP contribution in [0.15, 0.2) is 24.3 Å². The third-order valence-electron chi connectivity index (χ3n) is 3.37. The molecular weight excluding hydrogens is 276 g/mol. The van der Waals surface area contributed by atoms with Gasteiger partial charge in [0.05, 0.1) is 18.2 Å². The SMILES string of the molecule is COc1cc(O)c2c(c1)C(=O)c1cc(O)cc(O)c1C2=O. The summed E-state index contributed by atoms with van der Waals surface area (Å²) in [4.78, 5) is 24.8. The number of hydrogen-bond donors (Lipinski definition) is 3. The van der Waals surface area contributed by atoms with Crippen molar-refractivity contribution in [3.05, 3.63) is 46.5 Å². The van der Waals surface area contributed by atoms with E-state index in [0.717, 1.165) is 12.1 Å². The average molecular weight is 286 g/mol. The van der Waals surface area contributed by atoms with Gasteiger partial charge in [-0.15, -0.1) is 0 Å². The Kier molecular flexibility index (Phi) is 2.62. The molecular formula is C15H10O6. The van der Waals surface area contributed by atoms with Gasteiger partial charge in [0.25, 0.3) is 0 Å². The number of ether oxygens (including phenoxy) is 1. The highest BCUT2D eigenvalue weighted by Crippen LogP contribution is 2.40. The number of carbonyl (C=O) groups excluding carboxylic acids is 2. The second-order valence-electron chi connectivity index (χ2n) is 4.61. The van der Waals surface area contributed by atoms with Crippen molar-refractivity contribution < 1.29 is 29.6 Å². The van der Waals surface area contributed by atoms with E-state index in [1.54, 1.807) is 0 Å². The van der Waals surface area contributed by atoms with Gasteiger partial charge in [-0.3, -0.25) is 9.59 Å². The molecule has 6 heteroatoms. The van der Waals surface area contributed by atoms with Crippen molar-refractivity contribution in [3.63, 3.8) is 0 Å². The zero-order valence-corrected chi connectivity index (χ0v) is 10.9. The molecule has 0 saturated heterocycles. The Balaban J connectivity index is 2.35. The molecule has 0 fully saturated rings. The van der Waals surface area contributed by atoms with Crippen LogP contribution in [0.5, 0.6) is 23.0 Å². The Morgan fingerprint density at radius 3 is 2.00 bits per heavy atom. The maximum absolute atomic E-state index is 12.4. The molecule has 0 spiro atoms. The summed E-state index contributed by atoms with van der Waals surface area (Å²) in [5.41, 5.74) is -0.563. The summed E-state index contributed by atoms with van der Waals surface area (Å²) in [6, 6.07) is 4.62. The summed E-state index contributed by atoms with van der Waals surface area (Å²) >= 11 is 0. The molecule has 3 N–H and O–H groups in total. The Bertz CT molecular complexity index is 806. The Hall–Kier alpha value is -3.02. The number of ketones is 2. The van der Waals surface area contributed by atoms with E-state index >= 15 is 0 Å². The molecule has 6 nitrogen and oxygen atoms in total. The predicted molar refractivity (Wildman–Crippen MR) is 71.3 cm³/mol. The molecule has 0 amide bonds. The first-order valence-electron chi connectivity index (χ1n) is 6.00. The van der Waals surface area contributed by atoms with Crippen molar-refractivity contribution in [2.75, 3.05) is 7.11 Å². The minimum atomic E-state index is -0.683. The van der Waals surface area contributed by atoms with Gasteiger partial charge >= 0.3 is 0 Å². The molecule has 0 radical (unpaired) electrons. The smallest absolute Gasteiger partial charge is 0.201 e. The van der Waals surface area contributed by atoms with Gasteiger partial charge in [-0.25, -0.2) is 0 Å². The highest BCUT2D eigenvalue weighted by molar-refractivity contribution is 6.30. The minimum Gasteiger partial charge on any atom is -0.508 e. The van der Waals surface area contributed by atoms with Gasteiger partial charge in [0, 0.05) is 23.3 Å². The number of benzene rings is 2. The molecule has 2 aromatic rings. The number of rotatable bonds is 1. The summed E-state index contributed by atoms with van der Waals surface area (Å²) in [6.07, 6.45) is 0. The largest absolute Gasteiger partial charge is 0.508 e. The van der Waals surface area contributed by atoms with Crippen molar-refractivity contribution in [3.8, 4) is 23.0 Å². The fraction of sp³-hybridized carbons (Fsp3) is 0.0667. The summed E-state index contributed by atoms with van der Waals surface area (Å²) in [6.45, 7) is 0. The van der Waals surface area contributed by atoms with Gasteiger partial charge in [-0.2, -0.15) is 0 Å². The van der Waals surface area contributed by atoms with Crippen LogP contribution in [0.2, 0.25) is 0 Å². The molecule has 0 atom stereocenters. The molecule has 2 aromatic carbocycles. The van der Waals surface area contributed by atoms with E-state index in [0.29, 0.717) is 0 Å². The van der Waals surface area contributed by atoms with Crippen LogP contribution in [0.25, 0.3) is 0 Å². The first kappa shape index (κ1) is 13.0. The van der Waals surface area contributed by atoms with Crippen LogP contribution in [-0.2, 0) is 0 Å². The van der Waals surface area contributed by atoms with Crippen LogP contribution >= 0.6 is 0 Å². The van der Waals surface area contributed by atoms with E-state index in [1.165, 1.54) is 19.2 Å². The van der Waals surface area contributed by atoms with Gasteiger partial charge in [-0.05, 0) is 12.1 Å². The Morgan fingerprint density at radius 2 is 1.38 bits per heavy atom. The molecule has 21 heavy (non-hydrogen) atoms. The quantitative estimate of drug-likeness (QED) is 0.627. The van der Waals surface area contributed by atoms with E-state index in [-0.39, 0.29) is 33.8 Å². The summed E-state index contributed by atoms with van der Waals surface area (Å²) in [5.74, 6) is -2.29. The first-order chi connectivity index (χ1) is 9.93. The van der Waals surface area contributed by atoms with Gasteiger partial charge in [-0.1, -0.05) is 0 Å². The van der Waals surface area contributed by atoms with Gasteiger partial charge in [0.1, 0.15) is 23.0 Å². The molecule has 0 heterocycles. The van der Waals surface area contributed by atoms with Crippen LogP contribution in [0.4, 0.5) is 0 Å². The number of aromatic hydroxyl groups is 3. The van der Waals surface area contributed by atoms with E-state index in [9.17, 15) is 24.9 Å². The third kappa shape index (κ3) is 1.73. The van der Waals surface area contributed by atoms with Crippen LogP contribution in [0.1, 0.15) is 31.8 Å². The molecule has 106 valence electrons. The summed E-state index contributed by atoms with van der Waals surface area (Å²) < 4.78 is 4.96. The standard InChI is InChI=1S/C15H10O6/c1-21-7-4-9-13(11(18)5-7)15(20)12-8(14(9)19)2-6(16)3-10(12)17/h2-5,16-18H,1H3. The van der Waals surface area contributed by atoms with Crippen molar-refractivity contribution in [1.82, 2.24) is 0 Å². The zero-order valence-electron chi connectivity index (χ0n) is 10.9. The maximum Gasteiger partial charge on any atom is 0.201 e. The number of phenolic OH excluding ortho intramolecular Hbond substituents is 3. The topological polar surface area (TPSA) is 104 Å². The van der Waals surface area contributed by atoms with E-state index in [4.69, 9.17) is 4.74 Å². The second kappa shape index (κ2) is 4.24. The predicted octanol–water partition coefficient (Wildman–Crippen LogP) is 1.59. The normalized spacial score (nSPS) is 12.8. The lowest BCUT2D eigenvalue weighted by Gasteiger charge is -2.20. The number of fused-ring (bicyclic) bond motifs is 2. The lowest BCUT2D eigenvalue weighted by atomic mass is 9.83. The highest BCUT2D eigenvalue weighted by atomic mass is 16.5. The highest BCUT2D eigenvalue weighted by Gasteiger charge is 2.35. The van der Waals surface area contributed by atoms with Crippen molar-refractivity contribution in [2.24, 2.45) is 0 Å². The Morgan fingerprint density at radius 1 is 0.810 bits per heavy atom. The zero-order chi connectivity index (χ0) is 15.3. The number of methoxy groups -OCH3 is 1. The van der Waals surface area contributed by atoms with Crippen molar-refractivity contribution in [2.45, 2.75) is 0 Å².